The van der Waals surface area contributed by atoms with Gasteiger partial charge in [-0.2, -0.15) is 0 Å². The molecule has 8 heteroatoms. The van der Waals surface area contributed by atoms with Crippen molar-refractivity contribution in [3.8, 4) is 17.2 Å². The highest BCUT2D eigenvalue weighted by Gasteiger charge is 2.45. The summed E-state index contributed by atoms with van der Waals surface area (Å²) in [5.74, 6) is 0.434. The minimum atomic E-state index is -3.81. The number of benzene rings is 3. The van der Waals surface area contributed by atoms with Crippen molar-refractivity contribution in [2.45, 2.75) is 24.3 Å². The van der Waals surface area contributed by atoms with Crippen molar-refractivity contribution in [2.24, 2.45) is 5.41 Å². The Morgan fingerprint density at radius 2 is 1.51 bits per heavy atom. The molecule has 0 saturated carbocycles. The van der Waals surface area contributed by atoms with E-state index in [4.69, 9.17) is 9.47 Å². The quantitative estimate of drug-likeness (QED) is 0.463. The van der Waals surface area contributed by atoms with E-state index < -0.39 is 27.0 Å². The zero-order valence-electron chi connectivity index (χ0n) is 19.6. The number of aliphatic carboxylic acids is 1. The van der Waals surface area contributed by atoms with Crippen LogP contribution in [0.1, 0.15) is 18.4 Å². The number of carboxylic acid groups (broad SMARTS) is 1. The number of carboxylic acids is 1. The van der Waals surface area contributed by atoms with Crippen LogP contribution in [0.25, 0.3) is 0 Å². The van der Waals surface area contributed by atoms with E-state index in [1.807, 2.05) is 54.6 Å². The van der Waals surface area contributed by atoms with Gasteiger partial charge < -0.3 is 14.6 Å². The van der Waals surface area contributed by atoms with Gasteiger partial charge in [-0.3, -0.25) is 9.69 Å². The maximum Gasteiger partial charge on any atom is 0.310 e. The van der Waals surface area contributed by atoms with Gasteiger partial charge in [-0.05, 0) is 68.4 Å². The van der Waals surface area contributed by atoms with Gasteiger partial charge in [0.05, 0.1) is 23.2 Å². The molecule has 0 aromatic heterocycles. The molecule has 35 heavy (non-hydrogen) atoms. The van der Waals surface area contributed by atoms with Gasteiger partial charge in [0.1, 0.15) is 17.2 Å². The summed E-state index contributed by atoms with van der Waals surface area (Å²) >= 11 is 0. The van der Waals surface area contributed by atoms with E-state index in [0.717, 1.165) is 11.3 Å². The Hall–Kier alpha value is -3.36. The summed E-state index contributed by atoms with van der Waals surface area (Å²) in [4.78, 5) is 14.5. The standard InChI is InChI=1S/C27H29NO6S/c1-33-25-10-6-5-7-21(25)19-28-17-15-27(16-18-28,26(29)30)20-35(31,32)24-13-11-23(12-14-24)34-22-8-3-2-4-9-22/h2-14H,15-20H2,1H3,(H,29,30). The van der Waals surface area contributed by atoms with E-state index in [1.165, 1.54) is 12.1 Å². The minimum absolute atomic E-state index is 0.0926. The third-order valence-corrected chi connectivity index (χ3v) is 8.40. The normalized spacial score (nSPS) is 15.9. The molecule has 0 bridgehead atoms. The van der Waals surface area contributed by atoms with Gasteiger partial charge in [-0.1, -0.05) is 36.4 Å². The number of para-hydroxylation sites is 2. The third-order valence-electron chi connectivity index (χ3n) is 6.48. The van der Waals surface area contributed by atoms with E-state index in [0.29, 0.717) is 31.1 Å². The molecule has 7 nitrogen and oxygen atoms in total. The third kappa shape index (κ3) is 5.83. The molecule has 4 rings (SSSR count). The van der Waals surface area contributed by atoms with Crippen molar-refractivity contribution >= 4 is 15.8 Å². The van der Waals surface area contributed by atoms with E-state index in [-0.39, 0.29) is 17.7 Å². The van der Waals surface area contributed by atoms with Crippen LogP contribution in [-0.4, -0.2) is 50.3 Å². The molecule has 0 atom stereocenters. The molecular formula is C27H29NO6S. The Bertz CT molecular complexity index is 1250. The maximum atomic E-state index is 13.2. The number of sulfone groups is 1. The topological polar surface area (TPSA) is 93.1 Å². The fourth-order valence-electron chi connectivity index (χ4n) is 4.42. The van der Waals surface area contributed by atoms with Crippen molar-refractivity contribution in [1.82, 2.24) is 4.90 Å². The van der Waals surface area contributed by atoms with Crippen LogP contribution in [-0.2, 0) is 21.2 Å². The number of ether oxygens (including phenoxy) is 2. The van der Waals surface area contributed by atoms with Gasteiger partial charge in [0.2, 0.25) is 0 Å². The summed E-state index contributed by atoms with van der Waals surface area (Å²) in [6.07, 6.45) is 0.512. The molecule has 3 aromatic carbocycles. The molecule has 1 heterocycles. The fraction of sp³-hybridized carbons (Fsp3) is 0.296. The smallest absolute Gasteiger partial charge is 0.310 e. The Balaban J connectivity index is 1.43. The van der Waals surface area contributed by atoms with Crippen molar-refractivity contribution in [1.29, 1.82) is 0 Å². The lowest BCUT2D eigenvalue weighted by molar-refractivity contribution is -0.150. The van der Waals surface area contributed by atoms with Crippen LogP contribution in [0.3, 0.4) is 0 Å². The highest BCUT2D eigenvalue weighted by molar-refractivity contribution is 7.91. The number of rotatable bonds is 9. The molecule has 1 N–H and O–H groups in total. The zero-order chi connectivity index (χ0) is 24.9. The first-order valence-corrected chi connectivity index (χ1v) is 13.1. The Morgan fingerprint density at radius 1 is 0.914 bits per heavy atom. The van der Waals surface area contributed by atoms with Crippen molar-refractivity contribution < 1.29 is 27.8 Å². The highest BCUT2D eigenvalue weighted by Crippen LogP contribution is 2.36. The monoisotopic (exact) mass is 495 g/mol. The zero-order valence-corrected chi connectivity index (χ0v) is 20.4. The molecule has 0 radical (unpaired) electrons. The van der Waals surface area contributed by atoms with Crippen LogP contribution in [0.2, 0.25) is 0 Å². The lowest BCUT2D eigenvalue weighted by Crippen LogP contribution is -2.47. The van der Waals surface area contributed by atoms with Crippen LogP contribution in [0, 0.1) is 5.41 Å². The van der Waals surface area contributed by atoms with Crippen molar-refractivity contribution in [3.63, 3.8) is 0 Å². The Labute approximate surface area is 205 Å². The molecule has 0 unspecified atom stereocenters. The molecule has 1 saturated heterocycles. The number of hydrogen-bond donors (Lipinski definition) is 1. The second-order valence-electron chi connectivity index (χ2n) is 8.82. The minimum Gasteiger partial charge on any atom is -0.496 e. The van der Waals surface area contributed by atoms with Crippen molar-refractivity contribution in [2.75, 3.05) is 26.0 Å². The van der Waals surface area contributed by atoms with Gasteiger partial charge in [0, 0.05) is 12.1 Å². The predicted molar refractivity (Wildman–Crippen MR) is 133 cm³/mol. The molecule has 1 aliphatic rings. The molecule has 0 amide bonds. The second kappa shape index (κ2) is 10.5. The first kappa shape index (κ1) is 24.8. The summed E-state index contributed by atoms with van der Waals surface area (Å²) in [7, 11) is -2.19. The summed E-state index contributed by atoms with van der Waals surface area (Å²) in [5.41, 5.74) is -0.307. The lowest BCUT2D eigenvalue weighted by atomic mass is 9.80. The maximum absolute atomic E-state index is 13.2. The summed E-state index contributed by atoms with van der Waals surface area (Å²) < 4.78 is 37.5. The van der Waals surface area contributed by atoms with Gasteiger partial charge in [0.15, 0.2) is 9.84 Å². The first-order chi connectivity index (χ1) is 16.8. The van der Waals surface area contributed by atoms with Crippen LogP contribution in [0.15, 0.2) is 83.8 Å². The van der Waals surface area contributed by atoms with Crippen LogP contribution < -0.4 is 9.47 Å². The average Bonchev–Trinajstić information content (AvgIpc) is 2.86. The van der Waals surface area contributed by atoms with Crippen LogP contribution >= 0.6 is 0 Å². The molecule has 1 fully saturated rings. The fourth-order valence-corrected chi connectivity index (χ4v) is 6.28. The van der Waals surface area contributed by atoms with E-state index in [2.05, 4.69) is 4.90 Å². The number of carbonyl (C=O) groups is 1. The summed E-state index contributed by atoms with van der Waals surface area (Å²) in [5, 5.41) is 10.0. The van der Waals surface area contributed by atoms with Crippen molar-refractivity contribution in [3.05, 3.63) is 84.4 Å². The van der Waals surface area contributed by atoms with E-state index >= 15 is 0 Å². The molecule has 1 aliphatic heterocycles. The van der Waals surface area contributed by atoms with Crippen LogP contribution in [0.4, 0.5) is 0 Å². The van der Waals surface area contributed by atoms with Gasteiger partial charge in [-0.15, -0.1) is 0 Å². The molecule has 184 valence electrons. The highest BCUT2D eigenvalue weighted by atomic mass is 32.2. The largest absolute Gasteiger partial charge is 0.496 e. The molecule has 0 spiro atoms. The van der Waals surface area contributed by atoms with Gasteiger partial charge >= 0.3 is 5.97 Å². The molecular weight excluding hydrogens is 466 g/mol. The van der Waals surface area contributed by atoms with Gasteiger partial charge in [0.25, 0.3) is 0 Å². The van der Waals surface area contributed by atoms with Crippen LogP contribution in [0.5, 0.6) is 17.2 Å². The second-order valence-corrected chi connectivity index (χ2v) is 10.8. The average molecular weight is 496 g/mol. The van der Waals surface area contributed by atoms with E-state index in [9.17, 15) is 18.3 Å². The first-order valence-electron chi connectivity index (χ1n) is 11.4. The Morgan fingerprint density at radius 3 is 2.14 bits per heavy atom. The molecule has 0 aliphatic carbocycles. The number of piperidine rings is 1. The predicted octanol–water partition coefficient (Wildman–Crippen LogP) is 4.63. The number of hydrogen-bond acceptors (Lipinski definition) is 6. The number of likely N-dealkylation sites (tertiary alicyclic amines) is 1. The summed E-state index contributed by atoms with van der Waals surface area (Å²) in [6.45, 7) is 1.60. The number of methoxy groups -OCH3 is 1. The SMILES string of the molecule is COc1ccccc1CN1CCC(CS(=O)(=O)c2ccc(Oc3ccccc3)cc2)(C(=O)O)CC1. The van der Waals surface area contributed by atoms with E-state index in [1.54, 1.807) is 19.2 Å². The number of nitrogens with zero attached hydrogens (tertiary/aromatic N) is 1. The lowest BCUT2D eigenvalue weighted by Gasteiger charge is -2.38. The molecule has 3 aromatic rings. The summed E-state index contributed by atoms with van der Waals surface area (Å²) in [6, 6.07) is 23.0. The van der Waals surface area contributed by atoms with Gasteiger partial charge in [-0.25, -0.2) is 8.42 Å². The Kier molecular flexibility index (Phi) is 7.42.